The Morgan fingerprint density at radius 1 is 1.29 bits per heavy atom. The summed E-state index contributed by atoms with van der Waals surface area (Å²) < 4.78 is 0. The number of aryl methyl sites for hydroxylation is 2. The van der Waals surface area contributed by atoms with Crippen LogP contribution in [0, 0.1) is 13.8 Å². The number of nitrogens with zero attached hydrogens (tertiary/aromatic N) is 1. The maximum atomic E-state index is 3.28. The molecule has 0 aliphatic carbocycles. The van der Waals surface area contributed by atoms with E-state index in [2.05, 4.69) is 43.2 Å². The zero-order valence-electron chi connectivity index (χ0n) is 11.5. The molecule has 1 heterocycles. The highest BCUT2D eigenvalue weighted by atomic mass is 15.1. The number of hydrogen-bond donors (Lipinski definition) is 1. The van der Waals surface area contributed by atoms with E-state index in [1.54, 1.807) is 5.56 Å². The average molecular weight is 232 g/mol. The van der Waals surface area contributed by atoms with Gasteiger partial charge >= 0.3 is 0 Å². The summed E-state index contributed by atoms with van der Waals surface area (Å²) in [5.74, 6) is 0.730. The zero-order valence-corrected chi connectivity index (χ0v) is 11.5. The van der Waals surface area contributed by atoms with Crippen molar-refractivity contribution in [2.45, 2.75) is 32.6 Å². The van der Waals surface area contributed by atoms with Crippen LogP contribution in [0.25, 0.3) is 0 Å². The third-order valence-corrected chi connectivity index (χ3v) is 3.98. The molecule has 94 valence electrons. The predicted molar refractivity (Wildman–Crippen MR) is 75.1 cm³/mol. The summed E-state index contributed by atoms with van der Waals surface area (Å²) in [5, 5.41) is 3.28. The minimum Gasteiger partial charge on any atom is -0.374 e. The van der Waals surface area contributed by atoms with Crippen molar-refractivity contribution in [1.82, 2.24) is 5.32 Å². The van der Waals surface area contributed by atoms with Gasteiger partial charge in [0.15, 0.2) is 0 Å². The molecule has 0 fully saturated rings. The normalized spacial score (nSPS) is 19.3. The second-order valence-corrected chi connectivity index (χ2v) is 5.26. The minimum atomic E-state index is 0.730. The van der Waals surface area contributed by atoms with Crippen molar-refractivity contribution in [3.63, 3.8) is 0 Å². The van der Waals surface area contributed by atoms with Crippen LogP contribution >= 0.6 is 0 Å². The van der Waals surface area contributed by atoms with Gasteiger partial charge in [-0.05, 0) is 62.9 Å². The highest BCUT2D eigenvalue weighted by molar-refractivity contribution is 5.64. The third kappa shape index (κ3) is 2.32. The van der Waals surface area contributed by atoms with E-state index >= 15 is 0 Å². The molecule has 1 aromatic rings. The Labute approximate surface area is 105 Å². The van der Waals surface area contributed by atoms with Gasteiger partial charge in [-0.2, -0.15) is 0 Å². The number of anilines is 1. The molecule has 1 N–H and O–H groups in total. The smallest absolute Gasteiger partial charge is 0.0431 e. The van der Waals surface area contributed by atoms with Gasteiger partial charge in [0, 0.05) is 19.3 Å². The molecule has 0 spiro atoms. The topological polar surface area (TPSA) is 15.3 Å². The highest BCUT2D eigenvalue weighted by Gasteiger charge is 2.25. The Kier molecular flexibility index (Phi) is 3.72. The molecular weight excluding hydrogens is 208 g/mol. The Morgan fingerprint density at radius 3 is 2.71 bits per heavy atom. The molecule has 1 aromatic carbocycles. The standard InChI is InChI=1S/C15H24N2/c1-11-5-6-12(2)15-14(11)13(7-9-16-3)8-10-17(15)4/h5-6,13,16H,7-10H2,1-4H3. The summed E-state index contributed by atoms with van der Waals surface area (Å²) in [6.07, 6.45) is 2.54. The molecule has 2 rings (SSSR count). The van der Waals surface area contributed by atoms with Gasteiger partial charge in [-0.25, -0.2) is 0 Å². The van der Waals surface area contributed by atoms with Gasteiger partial charge in [0.2, 0.25) is 0 Å². The van der Waals surface area contributed by atoms with Crippen LogP contribution in [0.3, 0.4) is 0 Å². The van der Waals surface area contributed by atoms with Crippen molar-refractivity contribution in [3.8, 4) is 0 Å². The summed E-state index contributed by atoms with van der Waals surface area (Å²) in [6.45, 7) is 6.78. The maximum absolute atomic E-state index is 3.28. The Bertz CT molecular complexity index is 398. The van der Waals surface area contributed by atoms with Crippen LogP contribution in [0.15, 0.2) is 12.1 Å². The lowest BCUT2D eigenvalue weighted by Gasteiger charge is -2.36. The largest absolute Gasteiger partial charge is 0.374 e. The number of hydrogen-bond acceptors (Lipinski definition) is 2. The molecule has 2 heteroatoms. The lowest BCUT2D eigenvalue weighted by atomic mass is 9.83. The lowest BCUT2D eigenvalue weighted by Crippen LogP contribution is -2.29. The van der Waals surface area contributed by atoms with Gasteiger partial charge in [0.25, 0.3) is 0 Å². The van der Waals surface area contributed by atoms with Gasteiger partial charge in [-0.3, -0.25) is 0 Å². The van der Waals surface area contributed by atoms with Crippen LogP contribution in [0.2, 0.25) is 0 Å². The fourth-order valence-electron chi connectivity index (χ4n) is 3.05. The lowest BCUT2D eigenvalue weighted by molar-refractivity contribution is 0.536. The van der Waals surface area contributed by atoms with Crippen LogP contribution < -0.4 is 10.2 Å². The molecule has 17 heavy (non-hydrogen) atoms. The van der Waals surface area contributed by atoms with E-state index < -0.39 is 0 Å². The van der Waals surface area contributed by atoms with Gasteiger partial charge < -0.3 is 10.2 Å². The van der Waals surface area contributed by atoms with Crippen LogP contribution in [0.1, 0.15) is 35.4 Å². The van der Waals surface area contributed by atoms with E-state index in [4.69, 9.17) is 0 Å². The van der Waals surface area contributed by atoms with E-state index in [1.807, 2.05) is 7.05 Å². The molecule has 0 amide bonds. The Balaban J connectivity index is 2.40. The van der Waals surface area contributed by atoms with E-state index in [0.717, 1.165) is 12.5 Å². The third-order valence-electron chi connectivity index (χ3n) is 3.98. The molecule has 0 saturated carbocycles. The summed E-state index contributed by atoms with van der Waals surface area (Å²) >= 11 is 0. The number of rotatable bonds is 3. The molecule has 0 bridgehead atoms. The van der Waals surface area contributed by atoms with E-state index in [-0.39, 0.29) is 0 Å². The maximum Gasteiger partial charge on any atom is 0.0431 e. The van der Waals surface area contributed by atoms with Crippen molar-refractivity contribution in [1.29, 1.82) is 0 Å². The van der Waals surface area contributed by atoms with Crippen molar-refractivity contribution < 1.29 is 0 Å². The van der Waals surface area contributed by atoms with Gasteiger partial charge in [0.1, 0.15) is 0 Å². The monoisotopic (exact) mass is 232 g/mol. The first kappa shape index (κ1) is 12.4. The zero-order chi connectivity index (χ0) is 12.4. The first-order valence-electron chi connectivity index (χ1n) is 6.61. The van der Waals surface area contributed by atoms with Crippen molar-refractivity contribution in [2.24, 2.45) is 0 Å². The second-order valence-electron chi connectivity index (χ2n) is 5.26. The summed E-state index contributed by atoms with van der Waals surface area (Å²) in [5.41, 5.74) is 5.95. The van der Waals surface area contributed by atoms with E-state index in [1.165, 1.54) is 36.2 Å². The Hall–Kier alpha value is -1.02. The molecule has 1 aliphatic heterocycles. The summed E-state index contributed by atoms with van der Waals surface area (Å²) in [7, 11) is 4.26. The molecule has 0 saturated heterocycles. The van der Waals surface area contributed by atoms with Crippen LogP contribution in [0.4, 0.5) is 5.69 Å². The molecule has 1 unspecified atom stereocenters. The second kappa shape index (κ2) is 5.09. The van der Waals surface area contributed by atoms with Crippen LogP contribution in [-0.4, -0.2) is 27.2 Å². The number of benzene rings is 1. The molecule has 0 radical (unpaired) electrons. The van der Waals surface area contributed by atoms with Crippen LogP contribution in [-0.2, 0) is 0 Å². The quantitative estimate of drug-likeness (QED) is 0.862. The minimum absolute atomic E-state index is 0.730. The van der Waals surface area contributed by atoms with Gasteiger partial charge in [0.05, 0.1) is 0 Å². The Morgan fingerprint density at radius 2 is 2.00 bits per heavy atom. The summed E-state index contributed by atoms with van der Waals surface area (Å²) in [4.78, 5) is 2.42. The predicted octanol–water partition coefficient (Wildman–Crippen LogP) is 2.84. The first-order valence-corrected chi connectivity index (χ1v) is 6.61. The SMILES string of the molecule is CNCCC1CCN(C)c2c(C)ccc(C)c21. The number of nitrogens with one attached hydrogen (secondary N) is 1. The van der Waals surface area contributed by atoms with Crippen molar-refractivity contribution in [2.75, 3.05) is 32.1 Å². The molecule has 2 nitrogen and oxygen atoms in total. The summed E-state index contributed by atoms with van der Waals surface area (Å²) in [6, 6.07) is 4.53. The molecule has 1 aliphatic rings. The van der Waals surface area contributed by atoms with E-state index in [0.29, 0.717) is 0 Å². The van der Waals surface area contributed by atoms with E-state index in [9.17, 15) is 0 Å². The fraction of sp³-hybridized carbons (Fsp3) is 0.600. The van der Waals surface area contributed by atoms with Gasteiger partial charge in [-0.15, -0.1) is 0 Å². The van der Waals surface area contributed by atoms with Crippen molar-refractivity contribution >= 4 is 5.69 Å². The average Bonchev–Trinajstić information content (AvgIpc) is 2.32. The van der Waals surface area contributed by atoms with Gasteiger partial charge in [-0.1, -0.05) is 12.1 Å². The molecular formula is C15H24N2. The molecule has 1 atom stereocenters. The highest BCUT2D eigenvalue weighted by Crippen LogP contribution is 2.40. The first-order chi connectivity index (χ1) is 8.15. The van der Waals surface area contributed by atoms with Crippen molar-refractivity contribution in [3.05, 3.63) is 28.8 Å². The van der Waals surface area contributed by atoms with Crippen LogP contribution in [0.5, 0.6) is 0 Å². The number of fused-ring (bicyclic) bond motifs is 1. The molecule has 0 aromatic heterocycles. The fourth-order valence-corrected chi connectivity index (χ4v) is 3.05.